The summed E-state index contributed by atoms with van der Waals surface area (Å²) in [7, 11) is 0. The van der Waals surface area contributed by atoms with Crippen LogP contribution >= 0.6 is 0 Å². The van der Waals surface area contributed by atoms with Crippen molar-refractivity contribution in [2.75, 3.05) is 19.6 Å². The van der Waals surface area contributed by atoms with Crippen molar-refractivity contribution in [3.63, 3.8) is 0 Å². The molecule has 1 aromatic rings. The molecule has 0 aliphatic carbocycles. The highest BCUT2D eigenvalue weighted by molar-refractivity contribution is 5.67. The van der Waals surface area contributed by atoms with E-state index in [1.165, 1.54) is 18.4 Å². The van der Waals surface area contributed by atoms with Crippen LogP contribution in [0.4, 0.5) is 4.79 Å². The van der Waals surface area contributed by atoms with Crippen LogP contribution in [-0.2, 0) is 11.2 Å². The smallest absolute Gasteiger partial charge is 0.407 e. The molecule has 130 valence electrons. The molecule has 0 aliphatic rings. The molecule has 0 aliphatic heterocycles. The minimum atomic E-state index is -0.421. The summed E-state index contributed by atoms with van der Waals surface area (Å²) in [5, 5.41) is 6.27. The first-order chi connectivity index (χ1) is 11.0. The predicted molar refractivity (Wildman–Crippen MR) is 95.7 cm³/mol. The van der Waals surface area contributed by atoms with Crippen LogP contribution in [0.5, 0.6) is 0 Å². The maximum atomic E-state index is 11.4. The zero-order valence-corrected chi connectivity index (χ0v) is 14.9. The molecule has 4 nitrogen and oxygen atoms in total. The van der Waals surface area contributed by atoms with Gasteiger partial charge in [0.2, 0.25) is 0 Å². The number of nitrogens with one attached hydrogen (secondary N) is 2. The first kappa shape index (κ1) is 19.5. The standard InChI is InChI=1S/C19H32N2O2/c1-19(2,3)23-18(22)21-15-10-5-4-9-14-20-16-13-17-11-7-6-8-12-17/h6-8,11-12,20H,4-5,9-10,13-16H2,1-3H3,(H,21,22). The van der Waals surface area contributed by atoms with E-state index in [4.69, 9.17) is 4.74 Å². The summed E-state index contributed by atoms with van der Waals surface area (Å²) in [5.41, 5.74) is 0.961. The summed E-state index contributed by atoms with van der Waals surface area (Å²) in [4.78, 5) is 11.4. The van der Waals surface area contributed by atoms with Crippen molar-refractivity contribution in [3.8, 4) is 0 Å². The third-order valence-corrected chi connectivity index (χ3v) is 3.38. The van der Waals surface area contributed by atoms with Gasteiger partial charge in [-0.25, -0.2) is 4.79 Å². The van der Waals surface area contributed by atoms with E-state index in [2.05, 4.69) is 41.0 Å². The van der Waals surface area contributed by atoms with E-state index in [0.29, 0.717) is 6.54 Å². The Morgan fingerprint density at radius 3 is 2.26 bits per heavy atom. The van der Waals surface area contributed by atoms with E-state index in [1.807, 2.05) is 20.8 Å². The fraction of sp³-hybridized carbons (Fsp3) is 0.632. The van der Waals surface area contributed by atoms with Crippen LogP contribution in [0.2, 0.25) is 0 Å². The van der Waals surface area contributed by atoms with Gasteiger partial charge in [-0.2, -0.15) is 0 Å². The van der Waals surface area contributed by atoms with Crippen molar-refractivity contribution in [2.45, 2.75) is 58.5 Å². The third kappa shape index (κ3) is 11.6. The van der Waals surface area contributed by atoms with E-state index in [9.17, 15) is 4.79 Å². The first-order valence-corrected chi connectivity index (χ1v) is 8.69. The molecular formula is C19H32N2O2. The normalized spacial score (nSPS) is 11.3. The fourth-order valence-electron chi connectivity index (χ4n) is 2.24. The van der Waals surface area contributed by atoms with Gasteiger partial charge in [0.15, 0.2) is 0 Å². The molecule has 1 amide bonds. The minimum Gasteiger partial charge on any atom is -0.444 e. The highest BCUT2D eigenvalue weighted by atomic mass is 16.6. The molecule has 0 spiro atoms. The molecule has 0 atom stereocenters. The Bertz CT molecular complexity index is 427. The van der Waals surface area contributed by atoms with E-state index in [-0.39, 0.29) is 6.09 Å². The Hall–Kier alpha value is -1.55. The number of ether oxygens (including phenoxy) is 1. The minimum absolute atomic E-state index is 0.319. The van der Waals surface area contributed by atoms with Gasteiger partial charge < -0.3 is 15.4 Å². The van der Waals surface area contributed by atoms with Gasteiger partial charge >= 0.3 is 6.09 Å². The Labute approximate surface area is 141 Å². The molecule has 4 heteroatoms. The maximum absolute atomic E-state index is 11.4. The van der Waals surface area contributed by atoms with E-state index >= 15 is 0 Å². The van der Waals surface area contributed by atoms with Gasteiger partial charge in [-0.1, -0.05) is 43.2 Å². The monoisotopic (exact) mass is 320 g/mol. The Balaban J connectivity index is 1.86. The first-order valence-electron chi connectivity index (χ1n) is 8.69. The molecule has 0 fully saturated rings. The summed E-state index contributed by atoms with van der Waals surface area (Å²) >= 11 is 0. The molecule has 0 saturated carbocycles. The van der Waals surface area contributed by atoms with E-state index in [1.54, 1.807) is 0 Å². The molecule has 1 rings (SSSR count). The summed E-state index contributed by atoms with van der Waals surface area (Å²) in [5.74, 6) is 0. The molecule has 0 saturated heterocycles. The molecule has 0 heterocycles. The number of rotatable bonds is 10. The van der Waals surface area contributed by atoms with Crippen LogP contribution in [-0.4, -0.2) is 31.3 Å². The summed E-state index contributed by atoms with van der Waals surface area (Å²) in [6.45, 7) is 8.40. The number of hydrogen-bond acceptors (Lipinski definition) is 3. The lowest BCUT2D eigenvalue weighted by Gasteiger charge is -2.19. The highest BCUT2D eigenvalue weighted by Crippen LogP contribution is 2.06. The summed E-state index contributed by atoms with van der Waals surface area (Å²) < 4.78 is 5.19. The average molecular weight is 320 g/mol. The number of amides is 1. The Morgan fingerprint density at radius 1 is 0.957 bits per heavy atom. The second kappa shape index (κ2) is 11.1. The largest absolute Gasteiger partial charge is 0.444 e. The number of unbranched alkanes of at least 4 members (excludes halogenated alkanes) is 3. The average Bonchev–Trinajstić information content (AvgIpc) is 2.48. The van der Waals surface area contributed by atoms with Crippen molar-refractivity contribution in [2.24, 2.45) is 0 Å². The molecular weight excluding hydrogens is 288 g/mol. The molecule has 0 unspecified atom stereocenters. The van der Waals surface area contributed by atoms with Gasteiger partial charge in [-0.05, 0) is 58.7 Å². The van der Waals surface area contributed by atoms with E-state index in [0.717, 1.165) is 32.4 Å². The predicted octanol–water partition coefficient (Wildman–Crippen LogP) is 3.90. The Morgan fingerprint density at radius 2 is 1.61 bits per heavy atom. The van der Waals surface area contributed by atoms with Crippen molar-refractivity contribution < 1.29 is 9.53 Å². The van der Waals surface area contributed by atoms with Crippen molar-refractivity contribution in [3.05, 3.63) is 35.9 Å². The topological polar surface area (TPSA) is 50.4 Å². The van der Waals surface area contributed by atoms with Crippen LogP contribution < -0.4 is 10.6 Å². The van der Waals surface area contributed by atoms with E-state index < -0.39 is 5.60 Å². The number of carbonyl (C=O) groups excluding carboxylic acids is 1. The number of hydrogen-bond donors (Lipinski definition) is 2. The van der Waals surface area contributed by atoms with Crippen molar-refractivity contribution in [1.82, 2.24) is 10.6 Å². The van der Waals surface area contributed by atoms with Gasteiger partial charge in [0.25, 0.3) is 0 Å². The van der Waals surface area contributed by atoms with Crippen molar-refractivity contribution in [1.29, 1.82) is 0 Å². The number of carbonyl (C=O) groups is 1. The Kier molecular flexibility index (Phi) is 9.37. The van der Waals surface area contributed by atoms with Gasteiger partial charge in [-0.15, -0.1) is 0 Å². The van der Waals surface area contributed by atoms with Crippen LogP contribution in [0.1, 0.15) is 52.0 Å². The van der Waals surface area contributed by atoms with Gasteiger partial charge in [-0.3, -0.25) is 0 Å². The van der Waals surface area contributed by atoms with Crippen molar-refractivity contribution >= 4 is 6.09 Å². The van der Waals surface area contributed by atoms with Crippen LogP contribution in [0.15, 0.2) is 30.3 Å². The molecule has 1 aromatic carbocycles. The highest BCUT2D eigenvalue weighted by Gasteiger charge is 2.15. The molecule has 2 N–H and O–H groups in total. The van der Waals surface area contributed by atoms with Crippen LogP contribution in [0.3, 0.4) is 0 Å². The SMILES string of the molecule is CC(C)(C)OC(=O)NCCCCCCNCCc1ccccc1. The lowest BCUT2D eigenvalue weighted by Crippen LogP contribution is -2.33. The molecule has 0 bridgehead atoms. The summed E-state index contributed by atoms with van der Waals surface area (Å²) in [6, 6.07) is 10.6. The zero-order chi connectivity index (χ0) is 17.0. The quantitative estimate of drug-likeness (QED) is 0.643. The lowest BCUT2D eigenvalue weighted by atomic mass is 10.1. The second-order valence-corrected chi connectivity index (χ2v) is 6.83. The van der Waals surface area contributed by atoms with Gasteiger partial charge in [0.1, 0.15) is 5.60 Å². The lowest BCUT2D eigenvalue weighted by molar-refractivity contribution is 0.0527. The number of benzene rings is 1. The molecule has 23 heavy (non-hydrogen) atoms. The molecule has 0 radical (unpaired) electrons. The second-order valence-electron chi connectivity index (χ2n) is 6.83. The summed E-state index contributed by atoms with van der Waals surface area (Å²) in [6.07, 6.45) is 5.27. The van der Waals surface area contributed by atoms with Gasteiger partial charge in [0, 0.05) is 6.54 Å². The van der Waals surface area contributed by atoms with Gasteiger partial charge in [0.05, 0.1) is 0 Å². The fourth-order valence-corrected chi connectivity index (χ4v) is 2.24. The third-order valence-electron chi connectivity index (χ3n) is 3.38. The van der Waals surface area contributed by atoms with Crippen LogP contribution in [0.25, 0.3) is 0 Å². The number of alkyl carbamates (subject to hydrolysis) is 1. The zero-order valence-electron chi connectivity index (χ0n) is 14.9. The maximum Gasteiger partial charge on any atom is 0.407 e. The molecule has 0 aromatic heterocycles. The van der Waals surface area contributed by atoms with Crippen LogP contribution in [0, 0.1) is 0 Å².